The third-order valence-corrected chi connectivity index (χ3v) is 5.01. The summed E-state index contributed by atoms with van der Waals surface area (Å²) in [6.45, 7) is 0. The number of benzene rings is 2. The molecule has 34 heavy (non-hydrogen) atoms. The summed E-state index contributed by atoms with van der Waals surface area (Å²) in [7, 11) is 2.85. The van der Waals surface area contributed by atoms with E-state index in [4.69, 9.17) is 13.9 Å². The molecule has 0 spiro atoms. The number of carbonyl (C=O) groups excluding carboxylic acids is 3. The van der Waals surface area contributed by atoms with Gasteiger partial charge >= 0.3 is 6.03 Å². The maximum Gasteiger partial charge on any atom is 0.335 e. The molecule has 172 valence electrons. The Hall–Kier alpha value is -4.93. The molecule has 4 rings (SSSR count). The molecule has 2 aromatic carbocycles. The molecule has 0 saturated carbocycles. The molecule has 2 heterocycles. The first kappa shape index (κ1) is 22.3. The summed E-state index contributed by atoms with van der Waals surface area (Å²) >= 11 is 0. The van der Waals surface area contributed by atoms with Crippen molar-refractivity contribution in [3.63, 3.8) is 0 Å². The molecule has 1 fully saturated rings. The SMILES string of the molecule is COc1ccc(N2C(=O)NC(=O)/C(=C/c3ccc(-c4ccc([N+](=O)[O-])cc4OC)o3)C2=O)cc1. The molecule has 0 unspecified atom stereocenters. The van der Waals surface area contributed by atoms with E-state index in [2.05, 4.69) is 5.32 Å². The van der Waals surface area contributed by atoms with Gasteiger partial charge in [0.25, 0.3) is 17.5 Å². The number of hydrogen-bond acceptors (Lipinski definition) is 8. The van der Waals surface area contributed by atoms with Crippen LogP contribution in [0.1, 0.15) is 5.76 Å². The number of anilines is 1. The van der Waals surface area contributed by atoms with E-state index >= 15 is 0 Å². The number of nitro benzene ring substituents is 1. The lowest BCUT2D eigenvalue weighted by Gasteiger charge is -2.26. The fourth-order valence-electron chi connectivity index (χ4n) is 3.34. The van der Waals surface area contributed by atoms with Crippen molar-refractivity contribution < 1.29 is 33.2 Å². The van der Waals surface area contributed by atoms with Gasteiger partial charge < -0.3 is 13.9 Å². The van der Waals surface area contributed by atoms with Gasteiger partial charge in [-0.3, -0.25) is 25.0 Å². The Morgan fingerprint density at radius 3 is 2.38 bits per heavy atom. The summed E-state index contributed by atoms with van der Waals surface area (Å²) in [4.78, 5) is 49.0. The van der Waals surface area contributed by atoms with Crippen LogP contribution in [-0.4, -0.2) is 37.0 Å². The topological polar surface area (TPSA) is 141 Å². The Balaban J connectivity index is 1.66. The van der Waals surface area contributed by atoms with Crippen LogP contribution >= 0.6 is 0 Å². The fourth-order valence-corrected chi connectivity index (χ4v) is 3.34. The van der Waals surface area contributed by atoms with Crippen molar-refractivity contribution in [3.05, 3.63) is 76.0 Å². The Kier molecular flexibility index (Phi) is 5.83. The molecule has 0 radical (unpaired) electrons. The lowest BCUT2D eigenvalue weighted by molar-refractivity contribution is -0.384. The van der Waals surface area contributed by atoms with E-state index in [0.29, 0.717) is 17.1 Å². The van der Waals surface area contributed by atoms with Gasteiger partial charge in [0.2, 0.25) is 0 Å². The van der Waals surface area contributed by atoms with Crippen LogP contribution in [0.5, 0.6) is 11.5 Å². The van der Waals surface area contributed by atoms with Crippen LogP contribution in [0.25, 0.3) is 17.4 Å². The molecule has 1 aliphatic heterocycles. The van der Waals surface area contributed by atoms with E-state index in [-0.39, 0.29) is 28.5 Å². The first-order chi connectivity index (χ1) is 16.3. The lowest BCUT2D eigenvalue weighted by Crippen LogP contribution is -2.54. The van der Waals surface area contributed by atoms with Crippen molar-refractivity contribution in [2.75, 3.05) is 19.1 Å². The van der Waals surface area contributed by atoms with Gasteiger partial charge in [0.15, 0.2) is 0 Å². The molecule has 0 aliphatic carbocycles. The summed E-state index contributed by atoms with van der Waals surface area (Å²) in [6, 6.07) is 12.4. The fraction of sp³-hybridized carbons (Fsp3) is 0.0870. The molecule has 1 saturated heterocycles. The molecule has 11 nitrogen and oxygen atoms in total. The maximum absolute atomic E-state index is 13.0. The van der Waals surface area contributed by atoms with Crippen LogP contribution < -0.4 is 19.7 Å². The Bertz CT molecular complexity index is 1340. The minimum Gasteiger partial charge on any atom is -0.497 e. The highest BCUT2D eigenvalue weighted by Gasteiger charge is 2.37. The summed E-state index contributed by atoms with van der Waals surface area (Å²) in [6.07, 6.45) is 1.21. The molecule has 1 aliphatic rings. The predicted molar refractivity (Wildman–Crippen MR) is 119 cm³/mol. The monoisotopic (exact) mass is 463 g/mol. The number of amides is 4. The van der Waals surface area contributed by atoms with Crippen LogP contribution in [0.2, 0.25) is 0 Å². The zero-order chi connectivity index (χ0) is 24.4. The number of carbonyl (C=O) groups is 3. The number of imide groups is 2. The Morgan fingerprint density at radius 2 is 1.74 bits per heavy atom. The third-order valence-electron chi connectivity index (χ3n) is 5.01. The standard InChI is InChI=1S/C23H17N3O8/c1-32-15-6-3-13(4-7-15)25-22(28)18(21(27)24-23(25)29)12-16-8-10-19(34-16)17-9-5-14(26(30)31)11-20(17)33-2/h3-12H,1-2H3,(H,24,27,29)/b18-12-. The number of non-ortho nitro benzene ring substituents is 1. The molecular weight excluding hydrogens is 446 g/mol. The van der Waals surface area contributed by atoms with Gasteiger partial charge in [-0.25, -0.2) is 9.69 Å². The summed E-state index contributed by atoms with van der Waals surface area (Å²) in [5.41, 5.74) is 0.221. The molecule has 3 aromatic rings. The van der Waals surface area contributed by atoms with Gasteiger partial charge in [0.1, 0.15) is 28.6 Å². The zero-order valence-electron chi connectivity index (χ0n) is 17.9. The molecule has 0 atom stereocenters. The van der Waals surface area contributed by atoms with Crippen LogP contribution in [0.3, 0.4) is 0 Å². The van der Waals surface area contributed by atoms with Crippen molar-refractivity contribution >= 4 is 35.3 Å². The number of barbiturate groups is 1. The van der Waals surface area contributed by atoms with Crippen LogP contribution in [0.15, 0.2) is 64.6 Å². The predicted octanol–water partition coefficient (Wildman–Crippen LogP) is 3.54. The summed E-state index contributed by atoms with van der Waals surface area (Å²) < 4.78 is 16.0. The number of urea groups is 1. The normalized spacial score (nSPS) is 14.8. The highest BCUT2D eigenvalue weighted by atomic mass is 16.6. The van der Waals surface area contributed by atoms with E-state index < -0.39 is 22.8 Å². The van der Waals surface area contributed by atoms with Crippen molar-refractivity contribution in [1.29, 1.82) is 0 Å². The van der Waals surface area contributed by atoms with Crippen molar-refractivity contribution in [1.82, 2.24) is 5.32 Å². The summed E-state index contributed by atoms with van der Waals surface area (Å²) in [5, 5.41) is 13.1. The second kappa shape index (κ2) is 8.90. The van der Waals surface area contributed by atoms with Gasteiger partial charge in [-0.2, -0.15) is 0 Å². The van der Waals surface area contributed by atoms with Gasteiger partial charge in [-0.15, -0.1) is 0 Å². The number of methoxy groups -OCH3 is 2. The quantitative estimate of drug-likeness (QED) is 0.253. The number of hydrogen-bond donors (Lipinski definition) is 1. The van der Waals surface area contributed by atoms with Gasteiger partial charge in [-0.1, -0.05) is 0 Å². The largest absolute Gasteiger partial charge is 0.497 e. The van der Waals surface area contributed by atoms with E-state index in [1.54, 1.807) is 18.2 Å². The third kappa shape index (κ3) is 4.09. The number of nitrogens with one attached hydrogen (secondary N) is 1. The lowest BCUT2D eigenvalue weighted by atomic mass is 10.1. The molecule has 1 aromatic heterocycles. The second-order valence-corrected chi connectivity index (χ2v) is 7.00. The molecule has 4 amide bonds. The highest BCUT2D eigenvalue weighted by Crippen LogP contribution is 2.35. The van der Waals surface area contributed by atoms with Crippen molar-refractivity contribution in [3.8, 4) is 22.8 Å². The van der Waals surface area contributed by atoms with Crippen molar-refractivity contribution in [2.45, 2.75) is 0 Å². The van der Waals surface area contributed by atoms with E-state index in [0.717, 1.165) is 4.90 Å². The number of nitro groups is 1. The second-order valence-electron chi connectivity index (χ2n) is 7.00. The number of furan rings is 1. The number of ether oxygens (including phenoxy) is 2. The Morgan fingerprint density at radius 1 is 1.00 bits per heavy atom. The first-order valence-corrected chi connectivity index (χ1v) is 9.80. The maximum atomic E-state index is 13.0. The average molecular weight is 463 g/mol. The van der Waals surface area contributed by atoms with Crippen LogP contribution in [0, 0.1) is 10.1 Å². The molecule has 0 bridgehead atoms. The minimum absolute atomic E-state index is 0.151. The molecule has 11 heteroatoms. The summed E-state index contributed by atoms with van der Waals surface area (Å²) in [5.74, 6) is -0.505. The van der Waals surface area contributed by atoms with Crippen LogP contribution in [-0.2, 0) is 9.59 Å². The van der Waals surface area contributed by atoms with Gasteiger partial charge in [0, 0.05) is 6.07 Å². The van der Waals surface area contributed by atoms with E-state index in [1.807, 2.05) is 0 Å². The van der Waals surface area contributed by atoms with Crippen LogP contribution in [0.4, 0.5) is 16.2 Å². The number of nitrogens with zero attached hydrogens (tertiary/aromatic N) is 2. The first-order valence-electron chi connectivity index (χ1n) is 9.80. The molecule has 1 N–H and O–H groups in total. The zero-order valence-corrected chi connectivity index (χ0v) is 17.9. The smallest absolute Gasteiger partial charge is 0.335 e. The molecular formula is C23H17N3O8. The number of rotatable bonds is 6. The minimum atomic E-state index is -0.881. The van der Waals surface area contributed by atoms with Crippen molar-refractivity contribution in [2.24, 2.45) is 0 Å². The van der Waals surface area contributed by atoms with Gasteiger partial charge in [0.05, 0.1) is 36.5 Å². The van der Waals surface area contributed by atoms with Gasteiger partial charge in [-0.05, 0) is 48.5 Å². The van der Waals surface area contributed by atoms with E-state index in [9.17, 15) is 24.5 Å². The Labute approximate surface area is 192 Å². The van der Waals surface area contributed by atoms with E-state index in [1.165, 1.54) is 56.7 Å². The average Bonchev–Trinajstić information content (AvgIpc) is 3.30. The highest BCUT2D eigenvalue weighted by molar-refractivity contribution is 6.39.